The van der Waals surface area contributed by atoms with E-state index in [1.54, 1.807) is 18.2 Å². The third-order valence-corrected chi connectivity index (χ3v) is 3.27. The summed E-state index contributed by atoms with van der Waals surface area (Å²) in [6.45, 7) is 0. The largest absolute Gasteiger partial charge is 0.508 e. The summed E-state index contributed by atoms with van der Waals surface area (Å²) < 4.78 is 0.716. The van der Waals surface area contributed by atoms with Crippen LogP contribution in [-0.4, -0.2) is 16.1 Å². The zero-order chi connectivity index (χ0) is 16.1. The molecule has 110 valence electrons. The van der Waals surface area contributed by atoms with E-state index in [0.717, 1.165) is 0 Å². The summed E-state index contributed by atoms with van der Waals surface area (Å²) in [7, 11) is 0. The van der Waals surface area contributed by atoms with Crippen molar-refractivity contribution in [2.45, 2.75) is 0 Å². The average molecular weight is 359 g/mol. The number of aromatic hydroxyl groups is 2. The van der Waals surface area contributed by atoms with E-state index in [4.69, 9.17) is 5.26 Å². The monoisotopic (exact) mass is 358 g/mol. The van der Waals surface area contributed by atoms with Gasteiger partial charge >= 0.3 is 0 Å². The molecule has 0 saturated carbocycles. The van der Waals surface area contributed by atoms with Crippen LogP contribution in [0.25, 0.3) is 6.08 Å². The van der Waals surface area contributed by atoms with Crippen molar-refractivity contribution in [3.8, 4) is 17.6 Å². The zero-order valence-corrected chi connectivity index (χ0v) is 12.8. The van der Waals surface area contributed by atoms with Crippen LogP contribution in [0, 0.1) is 11.3 Å². The van der Waals surface area contributed by atoms with E-state index in [2.05, 4.69) is 21.2 Å². The van der Waals surface area contributed by atoms with Crippen LogP contribution in [0.4, 0.5) is 5.69 Å². The van der Waals surface area contributed by atoms with Gasteiger partial charge in [-0.2, -0.15) is 5.26 Å². The van der Waals surface area contributed by atoms with Crippen LogP contribution < -0.4 is 5.32 Å². The van der Waals surface area contributed by atoms with Gasteiger partial charge in [0.05, 0.1) is 0 Å². The summed E-state index contributed by atoms with van der Waals surface area (Å²) >= 11 is 3.26. The molecule has 1 amide bonds. The molecule has 0 aromatic heterocycles. The van der Waals surface area contributed by atoms with Crippen LogP contribution in [0.1, 0.15) is 5.56 Å². The number of phenolic OH excluding ortho intramolecular Hbond substituents is 2. The van der Waals surface area contributed by atoms with E-state index in [1.807, 2.05) is 0 Å². The summed E-state index contributed by atoms with van der Waals surface area (Å²) in [5.74, 6) is -0.561. The van der Waals surface area contributed by atoms with Crippen LogP contribution in [0.15, 0.2) is 52.5 Å². The fourth-order valence-corrected chi connectivity index (χ4v) is 2.07. The molecule has 0 aliphatic carbocycles. The average Bonchev–Trinajstić information content (AvgIpc) is 2.50. The molecule has 5 nitrogen and oxygen atoms in total. The second-order valence-corrected chi connectivity index (χ2v) is 5.29. The Balaban J connectivity index is 2.25. The minimum Gasteiger partial charge on any atom is -0.508 e. The highest BCUT2D eigenvalue weighted by atomic mass is 79.9. The zero-order valence-electron chi connectivity index (χ0n) is 11.2. The van der Waals surface area contributed by atoms with Crippen LogP contribution in [0.5, 0.6) is 11.5 Å². The molecular formula is C16H11BrN2O3. The summed E-state index contributed by atoms with van der Waals surface area (Å²) in [6, 6.07) is 12.4. The lowest BCUT2D eigenvalue weighted by Crippen LogP contribution is -2.13. The quantitative estimate of drug-likeness (QED) is 0.445. The fourth-order valence-electron chi connectivity index (χ4n) is 1.69. The van der Waals surface area contributed by atoms with Gasteiger partial charge in [-0.15, -0.1) is 0 Å². The lowest BCUT2D eigenvalue weighted by Gasteiger charge is -2.05. The van der Waals surface area contributed by atoms with Gasteiger partial charge in [0.25, 0.3) is 5.91 Å². The van der Waals surface area contributed by atoms with Crippen molar-refractivity contribution in [1.29, 1.82) is 5.26 Å². The summed E-state index contributed by atoms with van der Waals surface area (Å²) in [6.07, 6.45) is 1.30. The number of nitriles is 1. The topological polar surface area (TPSA) is 93.3 Å². The second-order valence-electron chi connectivity index (χ2n) is 4.37. The van der Waals surface area contributed by atoms with Crippen molar-refractivity contribution in [3.63, 3.8) is 0 Å². The van der Waals surface area contributed by atoms with Crippen LogP contribution in [-0.2, 0) is 4.79 Å². The first-order chi connectivity index (χ1) is 10.5. The number of amides is 1. The van der Waals surface area contributed by atoms with Crippen molar-refractivity contribution >= 4 is 33.6 Å². The molecule has 0 aliphatic heterocycles. The molecule has 2 aromatic carbocycles. The third kappa shape index (κ3) is 3.87. The number of hydrogen-bond donors (Lipinski definition) is 3. The molecule has 6 heteroatoms. The molecule has 3 N–H and O–H groups in total. The smallest absolute Gasteiger partial charge is 0.266 e. The number of rotatable bonds is 3. The molecule has 0 aliphatic rings. The van der Waals surface area contributed by atoms with Gasteiger partial charge in [-0.05, 0) is 48.5 Å². The Bertz CT molecular complexity index is 777. The number of halogens is 1. The molecule has 2 aromatic rings. The minimum absolute atomic E-state index is 0.0339. The maximum atomic E-state index is 12.1. The minimum atomic E-state index is -0.604. The van der Waals surface area contributed by atoms with Gasteiger partial charge < -0.3 is 15.5 Å². The number of nitrogens with zero attached hydrogens (tertiary/aromatic N) is 1. The van der Waals surface area contributed by atoms with E-state index >= 15 is 0 Å². The molecular weight excluding hydrogens is 348 g/mol. The lowest BCUT2D eigenvalue weighted by atomic mass is 10.1. The van der Waals surface area contributed by atoms with Gasteiger partial charge in [0.15, 0.2) is 0 Å². The van der Waals surface area contributed by atoms with Gasteiger partial charge in [-0.1, -0.05) is 15.9 Å². The predicted octanol–water partition coefficient (Wildman–Crippen LogP) is 3.41. The normalized spacial score (nSPS) is 10.8. The number of nitrogens with one attached hydrogen (secondary N) is 1. The number of phenols is 2. The van der Waals surface area contributed by atoms with Crippen molar-refractivity contribution in [2.75, 3.05) is 5.32 Å². The second kappa shape index (κ2) is 6.78. The van der Waals surface area contributed by atoms with Crippen molar-refractivity contribution in [3.05, 3.63) is 58.1 Å². The van der Waals surface area contributed by atoms with E-state index in [1.165, 1.54) is 36.4 Å². The van der Waals surface area contributed by atoms with Gasteiger partial charge in [0, 0.05) is 15.7 Å². The van der Waals surface area contributed by atoms with Crippen LogP contribution in [0.2, 0.25) is 0 Å². The Labute approximate surface area is 135 Å². The number of benzene rings is 2. The Morgan fingerprint density at radius 1 is 1.18 bits per heavy atom. The maximum absolute atomic E-state index is 12.1. The first-order valence-electron chi connectivity index (χ1n) is 6.20. The van der Waals surface area contributed by atoms with E-state index < -0.39 is 5.91 Å². The lowest BCUT2D eigenvalue weighted by molar-refractivity contribution is -0.112. The Kier molecular flexibility index (Phi) is 4.81. The van der Waals surface area contributed by atoms with Gasteiger partial charge in [-0.3, -0.25) is 4.79 Å². The van der Waals surface area contributed by atoms with Gasteiger partial charge in [0.2, 0.25) is 0 Å². The third-order valence-electron chi connectivity index (χ3n) is 2.78. The first kappa shape index (κ1) is 15.6. The summed E-state index contributed by atoms with van der Waals surface area (Å²) in [5, 5.41) is 30.6. The summed E-state index contributed by atoms with van der Waals surface area (Å²) in [4.78, 5) is 12.1. The van der Waals surface area contributed by atoms with Crippen molar-refractivity contribution < 1.29 is 15.0 Å². The molecule has 0 fully saturated rings. The highest BCUT2D eigenvalue weighted by Crippen LogP contribution is 2.24. The maximum Gasteiger partial charge on any atom is 0.266 e. The van der Waals surface area contributed by atoms with Crippen molar-refractivity contribution in [2.24, 2.45) is 0 Å². The van der Waals surface area contributed by atoms with Crippen molar-refractivity contribution in [1.82, 2.24) is 0 Å². The Morgan fingerprint density at radius 3 is 2.50 bits per heavy atom. The Hall–Kier alpha value is -2.78. The van der Waals surface area contributed by atoms with E-state index in [9.17, 15) is 15.0 Å². The standard InChI is InChI=1S/C16H11BrN2O3/c17-12-1-6-15(21)10(8-12)7-11(9-18)16(22)19-13-2-4-14(20)5-3-13/h1-8,20-21H,(H,19,22)/b11-7+. The number of anilines is 1. The molecule has 0 radical (unpaired) electrons. The SMILES string of the molecule is N#C/C(=C\c1cc(Br)ccc1O)C(=O)Nc1ccc(O)cc1. The molecule has 0 saturated heterocycles. The highest BCUT2D eigenvalue weighted by Gasteiger charge is 2.11. The first-order valence-corrected chi connectivity index (χ1v) is 6.99. The van der Waals surface area contributed by atoms with Gasteiger partial charge in [0.1, 0.15) is 23.1 Å². The summed E-state index contributed by atoms with van der Waals surface area (Å²) in [5.41, 5.74) is 0.649. The molecule has 2 rings (SSSR count). The van der Waals surface area contributed by atoms with E-state index in [-0.39, 0.29) is 17.1 Å². The predicted molar refractivity (Wildman–Crippen MR) is 86.1 cm³/mol. The Morgan fingerprint density at radius 2 is 1.86 bits per heavy atom. The molecule has 0 bridgehead atoms. The molecule has 0 atom stereocenters. The number of carbonyl (C=O) groups is 1. The van der Waals surface area contributed by atoms with Gasteiger partial charge in [-0.25, -0.2) is 0 Å². The molecule has 22 heavy (non-hydrogen) atoms. The molecule has 0 spiro atoms. The van der Waals surface area contributed by atoms with E-state index in [0.29, 0.717) is 15.7 Å². The fraction of sp³-hybridized carbons (Fsp3) is 0. The van der Waals surface area contributed by atoms with Crippen LogP contribution in [0.3, 0.4) is 0 Å². The number of hydrogen-bond acceptors (Lipinski definition) is 4. The molecule has 0 heterocycles. The number of carbonyl (C=O) groups excluding carboxylic acids is 1. The highest BCUT2D eigenvalue weighted by molar-refractivity contribution is 9.10. The van der Waals surface area contributed by atoms with Crippen LogP contribution >= 0.6 is 15.9 Å². The molecule has 0 unspecified atom stereocenters.